The number of hydrogen-bond acceptors (Lipinski definition) is 4. The highest BCUT2D eigenvalue weighted by Crippen LogP contribution is 2.27. The molecule has 118 valence electrons. The van der Waals surface area contributed by atoms with Crippen molar-refractivity contribution in [1.29, 1.82) is 0 Å². The molecule has 0 unspecified atom stereocenters. The zero-order valence-corrected chi connectivity index (χ0v) is 13.4. The molecule has 0 radical (unpaired) electrons. The summed E-state index contributed by atoms with van der Waals surface area (Å²) in [5, 5.41) is 7.56. The number of aromatic nitrogens is 3. The van der Waals surface area contributed by atoms with E-state index < -0.39 is 0 Å². The smallest absolute Gasteiger partial charge is 0.236 e. The molecule has 2 rings (SSSR count). The topological polar surface area (TPSA) is 54.3 Å². The van der Waals surface area contributed by atoms with Crippen LogP contribution in [-0.2, 0) is 11.3 Å². The zero-order valence-electron chi connectivity index (χ0n) is 13.4. The predicted octanol–water partition coefficient (Wildman–Crippen LogP) is 1.25. The standard InChI is InChI=1S/C15H27N5O/c1-13-6-4-5-7-14(13)19(3)15(21)10-18(2)8-9-20-11-16-17-12-20/h11-14H,4-10H2,1-3H3/t13-,14+/m1/s1. The molecule has 0 N–H and O–H groups in total. The lowest BCUT2D eigenvalue weighted by Gasteiger charge is -2.37. The van der Waals surface area contributed by atoms with E-state index in [1.165, 1.54) is 19.3 Å². The van der Waals surface area contributed by atoms with E-state index in [0.717, 1.165) is 19.5 Å². The summed E-state index contributed by atoms with van der Waals surface area (Å²) in [6, 6.07) is 0.414. The summed E-state index contributed by atoms with van der Waals surface area (Å²) in [4.78, 5) is 16.4. The maximum absolute atomic E-state index is 12.4. The second-order valence-electron chi connectivity index (χ2n) is 6.27. The Morgan fingerprint density at radius 3 is 2.57 bits per heavy atom. The Morgan fingerprint density at radius 2 is 1.90 bits per heavy atom. The van der Waals surface area contributed by atoms with Crippen LogP contribution < -0.4 is 0 Å². The molecule has 1 aromatic heterocycles. The summed E-state index contributed by atoms with van der Waals surface area (Å²) >= 11 is 0. The van der Waals surface area contributed by atoms with Crippen LogP contribution >= 0.6 is 0 Å². The van der Waals surface area contributed by atoms with Gasteiger partial charge >= 0.3 is 0 Å². The molecule has 21 heavy (non-hydrogen) atoms. The third-order valence-electron chi connectivity index (χ3n) is 4.57. The third kappa shape index (κ3) is 4.52. The van der Waals surface area contributed by atoms with Crippen molar-refractivity contribution in [2.24, 2.45) is 5.92 Å². The van der Waals surface area contributed by atoms with Gasteiger partial charge in [-0.2, -0.15) is 0 Å². The SMILES string of the molecule is C[C@@H]1CCCC[C@@H]1N(C)C(=O)CN(C)CCn1cnnc1. The fourth-order valence-corrected chi connectivity index (χ4v) is 3.10. The van der Waals surface area contributed by atoms with E-state index in [0.29, 0.717) is 18.5 Å². The van der Waals surface area contributed by atoms with E-state index in [9.17, 15) is 4.79 Å². The van der Waals surface area contributed by atoms with Crippen LogP contribution in [0.5, 0.6) is 0 Å². The van der Waals surface area contributed by atoms with Gasteiger partial charge in [-0.3, -0.25) is 9.69 Å². The molecule has 0 aromatic carbocycles. The molecule has 1 saturated carbocycles. The van der Waals surface area contributed by atoms with Gasteiger partial charge in [0.05, 0.1) is 6.54 Å². The summed E-state index contributed by atoms with van der Waals surface area (Å²) in [7, 11) is 3.95. The summed E-state index contributed by atoms with van der Waals surface area (Å²) in [5.74, 6) is 0.843. The van der Waals surface area contributed by atoms with Crippen molar-refractivity contribution in [2.75, 3.05) is 27.2 Å². The highest BCUT2D eigenvalue weighted by molar-refractivity contribution is 5.78. The molecule has 1 aromatic rings. The number of nitrogens with zero attached hydrogens (tertiary/aromatic N) is 5. The van der Waals surface area contributed by atoms with E-state index in [2.05, 4.69) is 22.0 Å². The zero-order chi connectivity index (χ0) is 15.2. The van der Waals surface area contributed by atoms with Crippen LogP contribution in [0.3, 0.4) is 0 Å². The number of carbonyl (C=O) groups is 1. The molecule has 1 aliphatic carbocycles. The van der Waals surface area contributed by atoms with Gasteiger partial charge in [-0.25, -0.2) is 0 Å². The lowest BCUT2D eigenvalue weighted by atomic mass is 9.85. The van der Waals surface area contributed by atoms with Gasteiger partial charge in [-0.1, -0.05) is 19.8 Å². The van der Waals surface area contributed by atoms with Gasteiger partial charge < -0.3 is 9.47 Å². The Balaban J connectivity index is 1.76. The minimum atomic E-state index is 0.222. The first kappa shape index (κ1) is 15.9. The first-order valence-electron chi connectivity index (χ1n) is 7.84. The van der Waals surface area contributed by atoms with Gasteiger partial charge in [0, 0.05) is 26.2 Å². The molecule has 0 bridgehead atoms. The first-order chi connectivity index (χ1) is 10.1. The van der Waals surface area contributed by atoms with E-state index in [4.69, 9.17) is 0 Å². The van der Waals surface area contributed by atoms with Crippen molar-refractivity contribution in [3.63, 3.8) is 0 Å². The molecule has 6 heteroatoms. The average Bonchev–Trinajstić information content (AvgIpc) is 2.98. The number of rotatable bonds is 6. The van der Waals surface area contributed by atoms with Crippen LogP contribution in [0.2, 0.25) is 0 Å². The van der Waals surface area contributed by atoms with Crippen LogP contribution in [0.4, 0.5) is 0 Å². The van der Waals surface area contributed by atoms with Gasteiger partial charge in [0.25, 0.3) is 0 Å². The minimum Gasteiger partial charge on any atom is -0.341 e. The summed E-state index contributed by atoms with van der Waals surface area (Å²) < 4.78 is 1.92. The molecule has 6 nitrogen and oxygen atoms in total. The fraction of sp³-hybridized carbons (Fsp3) is 0.800. The van der Waals surface area contributed by atoms with Crippen LogP contribution in [0.25, 0.3) is 0 Å². The summed E-state index contributed by atoms with van der Waals surface area (Å²) in [6.07, 6.45) is 8.34. The quantitative estimate of drug-likeness (QED) is 0.792. The molecule has 0 spiro atoms. The monoisotopic (exact) mass is 293 g/mol. The second-order valence-corrected chi connectivity index (χ2v) is 6.27. The lowest BCUT2D eigenvalue weighted by molar-refractivity contribution is -0.134. The van der Waals surface area contributed by atoms with Crippen molar-refractivity contribution >= 4 is 5.91 Å². The van der Waals surface area contributed by atoms with Gasteiger partial charge in [0.15, 0.2) is 0 Å². The van der Waals surface area contributed by atoms with E-state index in [1.807, 2.05) is 23.6 Å². The normalized spacial score (nSPS) is 22.5. The van der Waals surface area contributed by atoms with Crippen molar-refractivity contribution in [3.8, 4) is 0 Å². The Kier molecular flexibility index (Phi) is 5.73. The number of carbonyl (C=O) groups excluding carboxylic acids is 1. The molecule has 0 aliphatic heterocycles. The van der Waals surface area contributed by atoms with E-state index >= 15 is 0 Å². The van der Waals surface area contributed by atoms with Crippen molar-refractivity contribution in [1.82, 2.24) is 24.6 Å². The Morgan fingerprint density at radius 1 is 1.24 bits per heavy atom. The lowest BCUT2D eigenvalue weighted by Crippen LogP contribution is -2.46. The van der Waals surface area contributed by atoms with Crippen LogP contribution in [-0.4, -0.2) is 63.7 Å². The molecule has 1 heterocycles. The molecule has 0 saturated heterocycles. The number of hydrogen-bond donors (Lipinski definition) is 0. The fourth-order valence-electron chi connectivity index (χ4n) is 3.10. The Bertz CT molecular complexity index is 433. The average molecular weight is 293 g/mol. The first-order valence-corrected chi connectivity index (χ1v) is 7.84. The highest BCUT2D eigenvalue weighted by Gasteiger charge is 2.27. The molecular weight excluding hydrogens is 266 g/mol. The Labute approximate surface area is 127 Å². The van der Waals surface area contributed by atoms with E-state index in [-0.39, 0.29) is 5.91 Å². The van der Waals surface area contributed by atoms with Crippen LogP contribution in [0, 0.1) is 5.92 Å². The summed E-state index contributed by atoms with van der Waals surface area (Å²) in [6.45, 7) is 4.36. The Hall–Kier alpha value is -1.43. The van der Waals surface area contributed by atoms with Crippen molar-refractivity contribution < 1.29 is 4.79 Å². The largest absolute Gasteiger partial charge is 0.341 e. The van der Waals surface area contributed by atoms with Gasteiger partial charge in [-0.15, -0.1) is 10.2 Å². The molecule has 1 fully saturated rings. The van der Waals surface area contributed by atoms with Crippen LogP contribution in [0.15, 0.2) is 12.7 Å². The maximum atomic E-state index is 12.4. The molecule has 1 aliphatic rings. The van der Waals surface area contributed by atoms with Crippen LogP contribution in [0.1, 0.15) is 32.6 Å². The van der Waals surface area contributed by atoms with Gasteiger partial charge in [0.2, 0.25) is 5.91 Å². The molecule has 1 amide bonds. The van der Waals surface area contributed by atoms with Crippen molar-refractivity contribution in [2.45, 2.75) is 45.2 Å². The van der Waals surface area contributed by atoms with Crippen molar-refractivity contribution in [3.05, 3.63) is 12.7 Å². The minimum absolute atomic E-state index is 0.222. The van der Waals surface area contributed by atoms with E-state index in [1.54, 1.807) is 12.7 Å². The predicted molar refractivity (Wildman–Crippen MR) is 81.7 cm³/mol. The summed E-state index contributed by atoms with van der Waals surface area (Å²) in [5.41, 5.74) is 0. The maximum Gasteiger partial charge on any atom is 0.236 e. The highest BCUT2D eigenvalue weighted by atomic mass is 16.2. The second kappa shape index (κ2) is 7.54. The molecule has 2 atom stereocenters. The molecular formula is C15H27N5O. The third-order valence-corrected chi connectivity index (χ3v) is 4.57. The number of amides is 1. The van der Waals surface area contributed by atoms with Gasteiger partial charge in [-0.05, 0) is 25.8 Å². The van der Waals surface area contributed by atoms with Gasteiger partial charge in [0.1, 0.15) is 12.7 Å². The number of likely N-dealkylation sites (N-methyl/N-ethyl adjacent to an activating group) is 2.